The molecule has 122 valence electrons. The Morgan fingerprint density at radius 3 is 2.83 bits per heavy atom. The fourth-order valence-corrected chi connectivity index (χ4v) is 3.00. The van der Waals surface area contributed by atoms with Crippen LogP contribution in [0.1, 0.15) is 5.56 Å². The van der Waals surface area contributed by atoms with Crippen molar-refractivity contribution >= 4 is 29.6 Å². The highest BCUT2D eigenvalue weighted by Crippen LogP contribution is 2.29. The quantitative estimate of drug-likeness (QED) is 0.621. The van der Waals surface area contributed by atoms with E-state index in [-0.39, 0.29) is 24.1 Å². The second kappa shape index (κ2) is 5.58. The SMILES string of the molecule is COc1cccc(/C=N\N2C(=S)N[C@H]3[C@H]2N(C)C(=O)N3C)c1O. The molecule has 1 aromatic rings. The number of hydrogen-bond acceptors (Lipinski definition) is 5. The fraction of sp³-hybridized carbons (Fsp3) is 0.357. The van der Waals surface area contributed by atoms with Crippen molar-refractivity contribution in [1.82, 2.24) is 20.1 Å². The summed E-state index contributed by atoms with van der Waals surface area (Å²) in [5.74, 6) is 0.364. The van der Waals surface area contributed by atoms with Crippen LogP contribution in [0.3, 0.4) is 0 Å². The van der Waals surface area contributed by atoms with Gasteiger partial charge in [-0.05, 0) is 24.4 Å². The van der Waals surface area contributed by atoms with E-state index in [0.717, 1.165) is 0 Å². The highest BCUT2D eigenvalue weighted by atomic mass is 32.1. The zero-order valence-corrected chi connectivity index (χ0v) is 13.7. The number of likely N-dealkylation sites (N-methyl/N-ethyl adjacent to an activating group) is 2. The van der Waals surface area contributed by atoms with E-state index in [0.29, 0.717) is 16.4 Å². The van der Waals surface area contributed by atoms with Crippen LogP contribution >= 0.6 is 12.2 Å². The Hall–Kier alpha value is -2.55. The number of carbonyl (C=O) groups excluding carboxylic acids is 1. The molecular weight excluding hydrogens is 318 g/mol. The summed E-state index contributed by atoms with van der Waals surface area (Å²) in [6.45, 7) is 0. The number of phenolic OH excluding ortho intramolecular Hbond substituents is 1. The van der Waals surface area contributed by atoms with Gasteiger partial charge in [0.25, 0.3) is 0 Å². The monoisotopic (exact) mass is 335 g/mol. The molecule has 2 fully saturated rings. The maximum atomic E-state index is 12.0. The molecule has 2 N–H and O–H groups in total. The molecule has 2 aliphatic heterocycles. The van der Waals surface area contributed by atoms with Gasteiger partial charge in [0.05, 0.1) is 13.3 Å². The van der Waals surface area contributed by atoms with Gasteiger partial charge in [-0.2, -0.15) is 5.10 Å². The Kier molecular flexibility index (Phi) is 3.72. The fourth-order valence-electron chi connectivity index (χ4n) is 2.73. The molecule has 0 aromatic heterocycles. The zero-order chi connectivity index (χ0) is 16.7. The largest absolute Gasteiger partial charge is 0.504 e. The Morgan fingerprint density at radius 1 is 1.39 bits per heavy atom. The number of para-hydroxylation sites is 1. The number of ether oxygens (including phenoxy) is 1. The molecule has 0 radical (unpaired) electrons. The van der Waals surface area contributed by atoms with Crippen LogP contribution in [0.15, 0.2) is 23.3 Å². The third-order valence-electron chi connectivity index (χ3n) is 4.00. The minimum atomic E-state index is -0.330. The van der Waals surface area contributed by atoms with Gasteiger partial charge < -0.3 is 25.0 Å². The molecule has 3 rings (SSSR count). The number of hydrazone groups is 1. The number of nitrogens with one attached hydrogen (secondary N) is 1. The molecule has 0 bridgehead atoms. The van der Waals surface area contributed by atoms with Crippen LogP contribution in [0, 0.1) is 0 Å². The van der Waals surface area contributed by atoms with Crippen molar-refractivity contribution in [3.63, 3.8) is 0 Å². The molecule has 2 saturated heterocycles. The Labute approximate surface area is 138 Å². The van der Waals surface area contributed by atoms with Crippen LogP contribution in [0.2, 0.25) is 0 Å². The second-order valence-corrected chi connectivity index (χ2v) is 5.69. The lowest BCUT2D eigenvalue weighted by Crippen LogP contribution is -2.41. The third kappa shape index (κ3) is 2.33. The molecule has 2 heterocycles. The van der Waals surface area contributed by atoms with Gasteiger partial charge in [0, 0.05) is 19.7 Å². The average Bonchev–Trinajstić information content (AvgIpc) is 2.97. The van der Waals surface area contributed by atoms with E-state index in [1.807, 2.05) is 0 Å². The van der Waals surface area contributed by atoms with Crippen molar-refractivity contribution in [1.29, 1.82) is 0 Å². The van der Waals surface area contributed by atoms with Crippen molar-refractivity contribution < 1.29 is 14.6 Å². The zero-order valence-electron chi connectivity index (χ0n) is 12.9. The molecular formula is C14H17N5O3S. The van der Waals surface area contributed by atoms with E-state index in [9.17, 15) is 9.90 Å². The van der Waals surface area contributed by atoms with E-state index in [1.54, 1.807) is 47.1 Å². The van der Waals surface area contributed by atoms with Crippen LogP contribution in [0.4, 0.5) is 4.79 Å². The Bertz CT molecular complexity index is 695. The first-order valence-electron chi connectivity index (χ1n) is 6.95. The highest BCUT2D eigenvalue weighted by Gasteiger charge is 2.51. The number of amides is 2. The number of hydrogen-bond donors (Lipinski definition) is 2. The molecule has 0 spiro atoms. The van der Waals surface area contributed by atoms with Gasteiger partial charge in [0.1, 0.15) is 6.17 Å². The highest BCUT2D eigenvalue weighted by molar-refractivity contribution is 7.80. The lowest BCUT2D eigenvalue weighted by atomic mass is 10.2. The summed E-state index contributed by atoms with van der Waals surface area (Å²) in [6.07, 6.45) is 0.908. The summed E-state index contributed by atoms with van der Waals surface area (Å²) < 4.78 is 5.07. The third-order valence-corrected chi connectivity index (χ3v) is 4.31. The number of urea groups is 1. The number of rotatable bonds is 3. The molecule has 2 atom stereocenters. The number of aromatic hydroxyl groups is 1. The van der Waals surface area contributed by atoms with Gasteiger partial charge in [-0.1, -0.05) is 6.07 Å². The molecule has 23 heavy (non-hydrogen) atoms. The van der Waals surface area contributed by atoms with Crippen LogP contribution in [0.25, 0.3) is 0 Å². The molecule has 0 saturated carbocycles. The molecule has 9 heteroatoms. The minimum Gasteiger partial charge on any atom is -0.504 e. The van der Waals surface area contributed by atoms with E-state index in [4.69, 9.17) is 17.0 Å². The van der Waals surface area contributed by atoms with E-state index >= 15 is 0 Å². The number of thiocarbonyl (C=S) groups is 1. The Morgan fingerprint density at radius 2 is 2.13 bits per heavy atom. The van der Waals surface area contributed by atoms with Crippen molar-refractivity contribution in [2.45, 2.75) is 12.3 Å². The van der Waals surface area contributed by atoms with E-state index in [2.05, 4.69) is 10.4 Å². The maximum absolute atomic E-state index is 12.0. The summed E-state index contributed by atoms with van der Waals surface area (Å²) in [5, 5.41) is 19.5. The van der Waals surface area contributed by atoms with Gasteiger partial charge in [-0.15, -0.1) is 0 Å². The van der Waals surface area contributed by atoms with Gasteiger partial charge in [0.15, 0.2) is 22.8 Å². The number of nitrogens with zero attached hydrogens (tertiary/aromatic N) is 4. The van der Waals surface area contributed by atoms with Crippen molar-refractivity contribution in [3.8, 4) is 11.5 Å². The number of phenols is 1. The van der Waals surface area contributed by atoms with Crippen LogP contribution in [-0.2, 0) is 0 Å². The summed E-state index contributed by atoms with van der Waals surface area (Å²) in [7, 11) is 4.89. The predicted octanol–water partition coefficient (Wildman–Crippen LogP) is 0.574. The molecule has 0 unspecified atom stereocenters. The number of benzene rings is 1. The Balaban J connectivity index is 1.88. The first-order chi connectivity index (χ1) is 11.0. The average molecular weight is 335 g/mol. The molecule has 0 aliphatic carbocycles. The van der Waals surface area contributed by atoms with Crippen molar-refractivity contribution in [2.75, 3.05) is 21.2 Å². The molecule has 2 aliphatic rings. The predicted molar refractivity (Wildman–Crippen MR) is 88.3 cm³/mol. The lowest BCUT2D eigenvalue weighted by molar-refractivity contribution is 0.174. The first kappa shape index (κ1) is 15.3. The van der Waals surface area contributed by atoms with Crippen LogP contribution < -0.4 is 10.1 Å². The first-order valence-corrected chi connectivity index (χ1v) is 7.36. The maximum Gasteiger partial charge on any atom is 0.323 e. The molecule has 2 amide bonds. The van der Waals surface area contributed by atoms with Gasteiger partial charge in [-0.25, -0.2) is 9.80 Å². The number of methoxy groups -OCH3 is 1. The standard InChI is InChI=1S/C14H17N5O3S/c1-17-11-12(18(2)14(17)21)19(13(23)16-11)15-7-8-5-4-6-9(22-3)10(8)20/h4-7,11-12,20H,1-3H3,(H,16,23)/b15-7-/t11-,12+/m1/s1. The minimum absolute atomic E-state index is 0.00125. The van der Waals surface area contributed by atoms with Gasteiger partial charge in [-0.3, -0.25) is 0 Å². The second-order valence-electron chi connectivity index (χ2n) is 5.30. The van der Waals surface area contributed by atoms with Crippen LogP contribution in [0.5, 0.6) is 11.5 Å². The van der Waals surface area contributed by atoms with Gasteiger partial charge >= 0.3 is 6.03 Å². The lowest BCUT2D eigenvalue weighted by Gasteiger charge is -2.23. The number of carbonyl (C=O) groups is 1. The topological polar surface area (TPSA) is 80.6 Å². The smallest absolute Gasteiger partial charge is 0.323 e. The van der Waals surface area contributed by atoms with Crippen molar-refractivity contribution in [2.24, 2.45) is 5.10 Å². The number of fused-ring (bicyclic) bond motifs is 1. The summed E-state index contributed by atoms with van der Waals surface area (Å²) in [6, 6.07) is 5.01. The molecule has 8 nitrogen and oxygen atoms in total. The van der Waals surface area contributed by atoms with Crippen molar-refractivity contribution in [3.05, 3.63) is 23.8 Å². The normalized spacial score (nSPS) is 23.7. The summed E-state index contributed by atoms with van der Waals surface area (Å²) >= 11 is 5.29. The van der Waals surface area contributed by atoms with E-state index in [1.165, 1.54) is 13.3 Å². The summed E-state index contributed by atoms with van der Waals surface area (Å²) in [4.78, 5) is 15.2. The van der Waals surface area contributed by atoms with E-state index < -0.39 is 0 Å². The van der Waals surface area contributed by atoms with Gasteiger partial charge in [0.2, 0.25) is 0 Å². The molecule has 1 aromatic carbocycles. The van der Waals surface area contributed by atoms with Crippen LogP contribution in [-0.4, -0.2) is 70.8 Å². The summed E-state index contributed by atoms with van der Waals surface area (Å²) in [5.41, 5.74) is 0.496.